The molecule has 2 N–H and O–H groups in total. The molecule has 1 aliphatic carbocycles. The number of aromatic amines is 1. The number of aromatic nitrogens is 4. The van der Waals surface area contributed by atoms with Gasteiger partial charge in [-0.15, -0.1) is 0 Å². The summed E-state index contributed by atoms with van der Waals surface area (Å²) in [6.45, 7) is 0.305. The van der Waals surface area contributed by atoms with E-state index in [-0.39, 0.29) is 27.5 Å². The lowest BCUT2D eigenvalue weighted by molar-refractivity contribution is 0.0937. The molecule has 0 spiro atoms. The Bertz CT molecular complexity index is 1610. The molecule has 9 nitrogen and oxygen atoms in total. The third-order valence-electron chi connectivity index (χ3n) is 7.07. The maximum absolute atomic E-state index is 13.5. The summed E-state index contributed by atoms with van der Waals surface area (Å²) < 4.78 is 33.5. The number of para-hydroxylation sites is 1. The van der Waals surface area contributed by atoms with Crippen LogP contribution in [0.4, 0.5) is 0 Å². The second kappa shape index (κ2) is 8.21. The molecule has 2 aromatic heterocycles. The van der Waals surface area contributed by atoms with Gasteiger partial charge >= 0.3 is 0 Å². The SMILES string of the molecule is COc1ccccc1C(=O)NCC1(c2ccccc2)CCc2nc3n(c2C1)S(=O)(=O)c1c-3n[nH]c1Cl. The van der Waals surface area contributed by atoms with Crippen LogP contribution >= 0.6 is 11.6 Å². The predicted molar refractivity (Wildman–Crippen MR) is 133 cm³/mol. The molecule has 1 unspecified atom stereocenters. The zero-order valence-electron chi connectivity index (χ0n) is 19.3. The van der Waals surface area contributed by atoms with Crippen molar-refractivity contribution in [2.24, 2.45) is 0 Å². The fourth-order valence-corrected chi connectivity index (χ4v) is 7.36. The Hall–Kier alpha value is -3.63. The van der Waals surface area contributed by atoms with Crippen LogP contribution in [0.25, 0.3) is 11.5 Å². The van der Waals surface area contributed by atoms with Crippen molar-refractivity contribution in [3.05, 3.63) is 82.3 Å². The molecule has 2 aliphatic rings. The number of nitrogens with zero attached hydrogens (tertiary/aromatic N) is 3. The zero-order chi connectivity index (χ0) is 25.1. The molecule has 1 aliphatic heterocycles. The second-order valence-electron chi connectivity index (χ2n) is 9.02. The highest BCUT2D eigenvalue weighted by molar-refractivity contribution is 7.90. The summed E-state index contributed by atoms with van der Waals surface area (Å²) in [5.74, 6) is 0.507. The van der Waals surface area contributed by atoms with Gasteiger partial charge in [0.05, 0.1) is 24.1 Å². The first kappa shape index (κ1) is 22.8. The molecule has 184 valence electrons. The Morgan fingerprint density at radius 2 is 1.94 bits per heavy atom. The van der Waals surface area contributed by atoms with Gasteiger partial charge in [0.25, 0.3) is 15.9 Å². The van der Waals surface area contributed by atoms with Gasteiger partial charge < -0.3 is 10.1 Å². The minimum Gasteiger partial charge on any atom is -0.496 e. The number of imidazole rings is 1. The summed E-state index contributed by atoms with van der Waals surface area (Å²) in [5.41, 5.74) is 2.46. The van der Waals surface area contributed by atoms with E-state index in [1.807, 2.05) is 30.3 Å². The first-order valence-electron chi connectivity index (χ1n) is 11.4. The summed E-state index contributed by atoms with van der Waals surface area (Å²) in [6, 6.07) is 16.9. The van der Waals surface area contributed by atoms with Gasteiger partial charge in [-0.3, -0.25) is 9.89 Å². The smallest absolute Gasteiger partial charge is 0.275 e. The van der Waals surface area contributed by atoms with Crippen molar-refractivity contribution < 1.29 is 17.9 Å². The van der Waals surface area contributed by atoms with E-state index in [4.69, 9.17) is 16.3 Å². The molecular formula is C25H22ClN5O4S. The molecule has 3 heterocycles. The average Bonchev–Trinajstić information content (AvgIpc) is 3.54. The van der Waals surface area contributed by atoms with Crippen molar-refractivity contribution >= 4 is 27.5 Å². The standard InChI is InChI=1S/C25H22ClN5O4S/c1-35-19-10-6-5-9-16(19)24(32)27-14-25(15-7-3-2-4-8-15)12-11-17-18(13-25)31-23(28-17)20-21(36(31,33)34)22(26)30-29-20/h2-10H,11-14H2,1H3,(H,27,32)(H,29,30). The fourth-order valence-electron chi connectivity index (χ4n) is 5.29. The maximum Gasteiger partial charge on any atom is 0.275 e. The van der Waals surface area contributed by atoms with Crippen LogP contribution in [0, 0.1) is 0 Å². The summed E-state index contributed by atoms with van der Waals surface area (Å²) in [4.78, 5) is 17.7. The Balaban J connectivity index is 1.40. The maximum atomic E-state index is 13.5. The number of carbonyl (C=O) groups is 1. The first-order chi connectivity index (χ1) is 17.4. The van der Waals surface area contributed by atoms with E-state index in [9.17, 15) is 13.2 Å². The van der Waals surface area contributed by atoms with Crippen molar-refractivity contribution in [2.75, 3.05) is 13.7 Å². The number of amides is 1. The van der Waals surface area contributed by atoms with E-state index in [0.29, 0.717) is 42.8 Å². The van der Waals surface area contributed by atoms with Gasteiger partial charge in [-0.1, -0.05) is 54.1 Å². The number of aryl methyl sites for hydroxylation is 1. The van der Waals surface area contributed by atoms with Gasteiger partial charge in [0.2, 0.25) is 0 Å². The molecule has 0 saturated heterocycles. The zero-order valence-corrected chi connectivity index (χ0v) is 20.9. The topological polar surface area (TPSA) is 119 Å². The number of halogens is 1. The summed E-state index contributed by atoms with van der Waals surface area (Å²) in [5, 5.41) is 9.68. The summed E-state index contributed by atoms with van der Waals surface area (Å²) in [6.07, 6.45) is 1.61. The number of hydrogen-bond acceptors (Lipinski definition) is 6. The number of fused-ring (bicyclic) bond motifs is 5. The molecule has 0 fully saturated rings. The Morgan fingerprint density at radius 1 is 1.19 bits per heavy atom. The number of H-pyrrole nitrogens is 1. The highest BCUT2D eigenvalue weighted by atomic mass is 35.5. The molecule has 0 radical (unpaired) electrons. The number of nitrogens with one attached hydrogen (secondary N) is 2. The number of ether oxygens (including phenoxy) is 1. The highest BCUT2D eigenvalue weighted by Gasteiger charge is 2.46. The van der Waals surface area contributed by atoms with Crippen LogP contribution < -0.4 is 10.1 Å². The van der Waals surface area contributed by atoms with Crippen molar-refractivity contribution in [1.29, 1.82) is 0 Å². The predicted octanol–water partition coefficient (Wildman–Crippen LogP) is 3.34. The minimum absolute atomic E-state index is 0.0292. The number of methoxy groups -OCH3 is 1. The third-order valence-corrected chi connectivity index (χ3v) is 9.25. The van der Waals surface area contributed by atoms with Gasteiger partial charge in [-0.05, 0) is 30.5 Å². The van der Waals surface area contributed by atoms with E-state index < -0.39 is 15.4 Å². The van der Waals surface area contributed by atoms with Crippen LogP contribution in [0.3, 0.4) is 0 Å². The lowest BCUT2D eigenvalue weighted by Gasteiger charge is -2.38. The Morgan fingerprint density at radius 3 is 2.72 bits per heavy atom. The van der Waals surface area contributed by atoms with Crippen LogP contribution in [0.1, 0.15) is 33.7 Å². The Labute approximate surface area is 212 Å². The molecule has 36 heavy (non-hydrogen) atoms. The molecule has 0 bridgehead atoms. The van der Waals surface area contributed by atoms with Crippen LogP contribution in [0.15, 0.2) is 59.5 Å². The van der Waals surface area contributed by atoms with Gasteiger partial charge in [-0.25, -0.2) is 17.4 Å². The normalized spacial score (nSPS) is 19.3. The molecule has 0 saturated carbocycles. The van der Waals surface area contributed by atoms with Crippen LogP contribution in [0.2, 0.25) is 5.15 Å². The van der Waals surface area contributed by atoms with E-state index in [0.717, 1.165) is 11.3 Å². The monoisotopic (exact) mass is 523 g/mol. The molecule has 2 aromatic carbocycles. The van der Waals surface area contributed by atoms with E-state index in [1.54, 1.807) is 24.3 Å². The van der Waals surface area contributed by atoms with Gasteiger partial charge in [0.1, 0.15) is 10.9 Å². The highest BCUT2D eigenvalue weighted by Crippen LogP contribution is 2.45. The minimum atomic E-state index is -3.94. The third kappa shape index (κ3) is 3.28. The van der Waals surface area contributed by atoms with Gasteiger partial charge in [0.15, 0.2) is 16.4 Å². The molecule has 4 aromatic rings. The van der Waals surface area contributed by atoms with Crippen molar-refractivity contribution in [3.63, 3.8) is 0 Å². The number of hydrogen-bond donors (Lipinski definition) is 2. The quantitative estimate of drug-likeness (QED) is 0.364. The fraction of sp³-hybridized carbons (Fsp3) is 0.240. The van der Waals surface area contributed by atoms with Gasteiger partial charge in [-0.2, -0.15) is 5.10 Å². The van der Waals surface area contributed by atoms with Crippen LogP contribution in [0.5, 0.6) is 5.75 Å². The molecule has 6 rings (SSSR count). The van der Waals surface area contributed by atoms with E-state index in [2.05, 4.69) is 20.5 Å². The lowest BCUT2D eigenvalue weighted by Crippen LogP contribution is -2.45. The van der Waals surface area contributed by atoms with E-state index >= 15 is 0 Å². The average molecular weight is 524 g/mol. The summed E-state index contributed by atoms with van der Waals surface area (Å²) in [7, 11) is -2.42. The second-order valence-corrected chi connectivity index (χ2v) is 11.1. The van der Waals surface area contributed by atoms with Gasteiger partial charge in [0, 0.05) is 18.4 Å². The first-order valence-corrected chi connectivity index (χ1v) is 13.2. The molecule has 11 heteroatoms. The molecular weight excluding hydrogens is 502 g/mol. The largest absolute Gasteiger partial charge is 0.496 e. The van der Waals surface area contributed by atoms with Crippen LogP contribution in [-0.4, -0.2) is 47.1 Å². The number of benzene rings is 2. The van der Waals surface area contributed by atoms with E-state index in [1.165, 1.54) is 11.1 Å². The van der Waals surface area contributed by atoms with Crippen molar-refractivity contribution in [2.45, 2.75) is 29.6 Å². The summed E-state index contributed by atoms with van der Waals surface area (Å²) >= 11 is 6.12. The number of carbonyl (C=O) groups excluding carboxylic acids is 1. The van der Waals surface area contributed by atoms with Crippen LogP contribution in [-0.2, 0) is 28.3 Å². The molecule has 1 atom stereocenters. The lowest BCUT2D eigenvalue weighted by atomic mass is 9.69. The van der Waals surface area contributed by atoms with Crippen molar-refractivity contribution in [1.82, 2.24) is 24.5 Å². The Kier molecular flexibility index (Phi) is 5.20. The molecule has 1 amide bonds. The number of rotatable bonds is 5. The van der Waals surface area contributed by atoms with Crippen molar-refractivity contribution in [3.8, 4) is 17.3 Å².